The highest BCUT2D eigenvalue weighted by Crippen LogP contribution is 2.24. The number of aromatic amines is 1. The van der Waals surface area contributed by atoms with Crippen LogP contribution in [-0.4, -0.2) is 29.7 Å². The highest BCUT2D eigenvalue weighted by molar-refractivity contribution is 5.90. The molecule has 152 valence electrons. The fourth-order valence-corrected chi connectivity index (χ4v) is 3.18. The molecule has 0 aliphatic carbocycles. The van der Waals surface area contributed by atoms with Crippen LogP contribution in [0.5, 0.6) is 11.6 Å². The molecule has 0 atom stereocenters. The summed E-state index contributed by atoms with van der Waals surface area (Å²) in [6.45, 7) is 0.629. The van der Waals surface area contributed by atoms with Gasteiger partial charge >= 0.3 is 6.09 Å². The molecule has 0 bridgehead atoms. The highest BCUT2D eigenvalue weighted by Gasteiger charge is 2.12. The zero-order valence-electron chi connectivity index (χ0n) is 16.5. The Morgan fingerprint density at radius 2 is 1.83 bits per heavy atom. The van der Waals surface area contributed by atoms with Crippen LogP contribution in [0, 0.1) is 0 Å². The van der Waals surface area contributed by atoms with E-state index in [1.165, 1.54) is 10.9 Å². The van der Waals surface area contributed by atoms with Crippen LogP contribution in [0.25, 0.3) is 10.9 Å². The molecule has 7 nitrogen and oxygen atoms in total. The van der Waals surface area contributed by atoms with Crippen molar-refractivity contribution in [3.05, 3.63) is 78.5 Å². The van der Waals surface area contributed by atoms with Gasteiger partial charge < -0.3 is 19.8 Å². The summed E-state index contributed by atoms with van der Waals surface area (Å²) in [5.41, 5.74) is 2.83. The first kappa shape index (κ1) is 19.3. The third-order valence-corrected chi connectivity index (χ3v) is 4.63. The van der Waals surface area contributed by atoms with Gasteiger partial charge in [-0.3, -0.25) is 5.32 Å². The largest absolute Gasteiger partial charge is 0.481 e. The van der Waals surface area contributed by atoms with Crippen LogP contribution in [0.3, 0.4) is 0 Å². The number of amides is 1. The maximum Gasteiger partial charge on any atom is 0.417 e. The van der Waals surface area contributed by atoms with Crippen molar-refractivity contribution in [2.45, 2.75) is 6.42 Å². The zero-order valence-corrected chi connectivity index (χ0v) is 16.5. The number of hydrogen-bond donors (Lipinski definition) is 3. The monoisotopic (exact) mass is 402 g/mol. The number of carbonyl (C=O) groups excluding carboxylic acids is 1. The van der Waals surface area contributed by atoms with E-state index in [-0.39, 0.29) is 0 Å². The van der Waals surface area contributed by atoms with Crippen molar-refractivity contribution in [3.63, 3.8) is 0 Å². The van der Waals surface area contributed by atoms with Gasteiger partial charge in [0.25, 0.3) is 0 Å². The molecule has 2 aromatic carbocycles. The Hall–Kier alpha value is -4.00. The van der Waals surface area contributed by atoms with Gasteiger partial charge in [-0.15, -0.1) is 0 Å². The van der Waals surface area contributed by atoms with Gasteiger partial charge in [-0.05, 0) is 36.2 Å². The van der Waals surface area contributed by atoms with E-state index in [9.17, 15) is 4.79 Å². The molecule has 4 rings (SSSR count). The molecule has 1 amide bonds. The average Bonchev–Trinajstić information content (AvgIpc) is 3.18. The van der Waals surface area contributed by atoms with E-state index in [0.717, 1.165) is 11.9 Å². The van der Waals surface area contributed by atoms with E-state index in [1.54, 1.807) is 43.5 Å². The number of anilines is 2. The van der Waals surface area contributed by atoms with Crippen molar-refractivity contribution < 1.29 is 14.3 Å². The third-order valence-electron chi connectivity index (χ3n) is 4.63. The Kier molecular flexibility index (Phi) is 5.80. The van der Waals surface area contributed by atoms with Gasteiger partial charge in [0.2, 0.25) is 5.88 Å². The molecule has 0 aliphatic rings. The Bertz CT molecular complexity index is 1140. The lowest BCUT2D eigenvalue weighted by molar-refractivity contribution is 0.215. The molecule has 0 radical (unpaired) electrons. The van der Waals surface area contributed by atoms with Gasteiger partial charge in [-0.2, -0.15) is 4.98 Å². The normalized spacial score (nSPS) is 10.6. The number of carbonyl (C=O) groups is 1. The first-order valence-corrected chi connectivity index (χ1v) is 9.61. The second-order valence-corrected chi connectivity index (χ2v) is 6.61. The van der Waals surface area contributed by atoms with E-state index >= 15 is 0 Å². The molecule has 4 aromatic rings. The molecule has 3 N–H and O–H groups in total. The minimum Gasteiger partial charge on any atom is -0.481 e. The summed E-state index contributed by atoms with van der Waals surface area (Å²) >= 11 is 0. The number of nitrogens with zero attached hydrogens (tertiary/aromatic N) is 1. The molecule has 0 saturated carbocycles. The van der Waals surface area contributed by atoms with Crippen LogP contribution < -0.4 is 20.1 Å². The van der Waals surface area contributed by atoms with Crippen LogP contribution in [0.1, 0.15) is 5.56 Å². The highest BCUT2D eigenvalue weighted by atomic mass is 16.6. The van der Waals surface area contributed by atoms with Gasteiger partial charge in [-0.25, -0.2) is 4.79 Å². The summed E-state index contributed by atoms with van der Waals surface area (Å²) in [4.78, 5) is 20.0. The number of benzene rings is 2. The summed E-state index contributed by atoms with van der Waals surface area (Å²) in [5.74, 6) is 1.43. The maximum atomic E-state index is 12.3. The number of H-pyrrole nitrogens is 1. The van der Waals surface area contributed by atoms with E-state index in [0.29, 0.717) is 29.7 Å². The molecule has 2 aromatic heterocycles. The molecule has 0 fully saturated rings. The van der Waals surface area contributed by atoms with Crippen LogP contribution in [0.2, 0.25) is 0 Å². The summed E-state index contributed by atoms with van der Waals surface area (Å²) in [6.07, 6.45) is 2.21. The van der Waals surface area contributed by atoms with Crippen molar-refractivity contribution >= 4 is 28.5 Å². The maximum absolute atomic E-state index is 12.3. The smallest absolute Gasteiger partial charge is 0.417 e. The summed E-state index contributed by atoms with van der Waals surface area (Å²) in [5, 5.41) is 7.22. The number of hydrogen-bond acceptors (Lipinski definition) is 5. The van der Waals surface area contributed by atoms with E-state index < -0.39 is 6.09 Å². The Labute approximate surface area is 174 Å². The zero-order chi connectivity index (χ0) is 20.8. The minimum absolute atomic E-state index is 0.451. The first-order chi connectivity index (χ1) is 14.7. The molecule has 0 saturated heterocycles. The molecule has 30 heavy (non-hydrogen) atoms. The topological polar surface area (TPSA) is 88.3 Å². The Balaban J connectivity index is 1.44. The van der Waals surface area contributed by atoms with Crippen LogP contribution in [0.15, 0.2) is 72.9 Å². The number of ether oxygens (including phenoxy) is 2. The number of pyridine rings is 1. The third kappa shape index (κ3) is 4.52. The van der Waals surface area contributed by atoms with Gasteiger partial charge in [0, 0.05) is 29.7 Å². The number of para-hydroxylation sites is 2. The van der Waals surface area contributed by atoms with Gasteiger partial charge in [-0.1, -0.05) is 36.4 Å². The van der Waals surface area contributed by atoms with Gasteiger partial charge in [0.15, 0.2) is 5.82 Å². The summed E-state index contributed by atoms with van der Waals surface area (Å²) in [7, 11) is 1.55. The van der Waals surface area contributed by atoms with Crippen molar-refractivity contribution in [1.82, 2.24) is 9.97 Å². The number of nitrogens with one attached hydrogen (secondary N) is 3. The number of rotatable bonds is 7. The molecule has 0 unspecified atom stereocenters. The van der Waals surface area contributed by atoms with Crippen LogP contribution >= 0.6 is 0 Å². The molecular formula is C23H22N4O3. The van der Waals surface area contributed by atoms with Crippen molar-refractivity contribution in [2.75, 3.05) is 24.3 Å². The predicted octanol–water partition coefficient (Wildman–Crippen LogP) is 4.84. The lowest BCUT2D eigenvalue weighted by Gasteiger charge is -2.13. The van der Waals surface area contributed by atoms with E-state index in [1.807, 2.05) is 24.4 Å². The van der Waals surface area contributed by atoms with Gasteiger partial charge in [0.05, 0.1) is 12.8 Å². The fraction of sp³-hybridized carbons (Fsp3) is 0.130. The fourth-order valence-electron chi connectivity index (χ4n) is 3.18. The van der Waals surface area contributed by atoms with Crippen molar-refractivity contribution in [3.8, 4) is 11.6 Å². The summed E-state index contributed by atoms with van der Waals surface area (Å²) < 4.78 is 10.5. The molecule has 0 spiro atoms. The first-order valence-electron chi connectivity index (χ1n) is 9.61. The molecule has 7 heteroatoms. The van der Waals surface area contributed by atoms with Crippen LogP contribution in [0.4, 0.5) is 16.3 Å². The Morgan fingerprint density at radius 3 is 2.67 bits per heavy atom. The van der Waals surface area contributed by atoms with E-state index in [2.05, 4.69) is 32.7 Å². The van der Waals surface area contributed by atoms with Crippen molar-refractivity contribution in [2.24, 2.45) is 0 Å². The molecular weight excluding hydrogens is 380 g/mol. The van der Waals surface area contributed by atoms with Gasteiger partial charge in [0.1, 0.15) is 5.75 Å². The second kappa shape index (κ2) is 9.00. The molecule has 0 aliphatic heterocycles. The average molecular weight is 402 g/mol. The summed E-state index contributed by atoms with van der Waals surface area (Å²) in [6, 6.07) is 20.5. The minimum atomic E-state index is -0.590. The number of fused-ring (bicyclic) bond motifs is 1. The lowest BCUT2D eigenvalue weighted by atomic mass is 10.1. The van der Waals surface area contributed by atoms with Crippen molar-refractivity contribution in [1.29, 1.82) is 0 Å². The van der Waals surface area contributed by atoms with E-state index in [4.69, 9.17) is 9.47 Å². The predicted molar refractivity (Wildman–Crippen MR) is 117 cm³/mol. The molecule has 2 heterocycles. The standard InChI is InChI=1S/C23H22N4O3/c1-29-21-12-11-20(26-23(28)30-17-7-3-2-4-8-17)22(27-21)24-14-13-16-15-25-19-10-6-5-9-18(16)19/h2-12,15,25H,13-14H2,1H3,(H,24,27)(H,26,28). The second-order valence-electron chi connectivity index (χ2n) is 6.61. The lowest BCUT2D eigenvalue weighted by Crippen LogP contribution is -2.19. The van der Waals surface area contributed by atoms with Crippen LogP contribution in [-0.2, 0) is 6.42 Å². The number of aromatic nitrogens is 2. The Morgan fingerprint density at radius 1 is 1.03 bits per heavy atom. The quantitative estimate of drug-likeness (QED) is 0.412. The SMILES string of the molecule is COc1ccc(NC(=O)Oc2ccccc2)c(NCCc2c[nH]c3ccccc23)n1. The number of methoxy groups -OCH3 is 1.